The number of pyridine rings is 1. The molecule has 2 rings (SSSR count). The molecule has 0 bridgehead atoms. The predicted octanol–water partition coefficient (Wildman–Crippen LogP) is 2.67. The molecule has 2 aromatic heterocycles. The smallest absolute Gasteiger partial charge is 0.152 e. The molecule has 2 aromatic rings. The van der Waals surface area contributed by atoms with Crippen LogP contribution in [0.1, 0.15) is 0 Å². The molecule has 4 heteroatoms. The highest BCUT2D eigenvalue weighted by molar-refractivity contribution is 5.85. The fourth-order valence-corrected chi connectivity index (χ4v) is 0.808. The average Bonchev–Trinajstić information content (AvgIpc) is 2.33. The Morgan fingerprint density at radius 3 is 2.73 bits per heavy atom. The molecule has 0 radical (unpaired) electrons. The summed E-state index contributed by atoms with van der Waals surface area (Å²) in [4.78, 5) is 3.89. The zero-order valence-corrected chi connectivity index (χ0v) is 7.19. The van der Waals surface area contributed by atoms with E-state index < -0.39 is 0 Å². The Balaban J connectivity index is 0.000000500. The van der Waals surface area contributed by atoms with E-state index in [0.717, 1.165) is 11.0 Å². The minimum Gasteiger partial charge on any atom is -0.463 e. The lowest BCUT2D eigenvalue weighted by Crippen LogP contribution is -1.65. The Hall–Kier alpha value is -0.730. The molecule has 0 aliphatic heterocycles. The van der Waals surface area contributed by atoms with E-state index in [0.29, 0.717) is 0 Å². The van der Waals surface area contributed by atoms with Crippen molar-refractivity contribution in [2.75, 3.05) is 0 Å². The van der Waals surface area contributed by atoms with Crippen LogP contribution in [0.15, 0.2) is 35.2 Å². The van der Waals surface area contributed by atoms with Crippen molar-refractivity contribution in [3.8, 4) is 0 Å². The van der Waals surface area contributed by atoms with Crippen LogP contribution in [0, 0.1) is 0 Å². The fourth-order valence-electron chi connectivity index (χ4n) is 0.808. The third-order valence-corrected chi connectivity index (χ3v) is 1.26. The molecule has 0 saturated heterocycles. The first-order valence-corrected chi connectivity index (χ1v) is 2.74. The maximum atomic E-state index is 5.06. The van der Waals surface area contributed by atoms with Crippen molar-refractivity contribution in [2.45, 2.75) is 0 Å². The number of rotatable bonds is 0. The summed E-state index contributed by atoms with van der Waals surface area (Å²) in [6.07, 6.45) is 5.11. The van der Waals surface area contributed by atoms with E-state index in [4.69, 9.17) is 4.42 Å². The van der Waals surface area contributed by atoms with E-state index in [1.807, 2.05) is 12.1 Å². The first-order valence-electron chi connectivity index (χ1n) is 2.74. The molecule has 0 atom stereocenters. The molecule has 0 unspecified atom stereocenters. The fraction of sp³-hybridized carbons (Fsp3) is 0. The van der Waals surface area contributed by atoms with Gasteiger partial charge in [0.25, 0.3) is 0 Å². The second-order valence-electron chi connectivity index (χ2n) is 1.83. The molecule has 0 aromatic carbocycles. The molecule has 0 spiro atoms. The van der Waals surface area contributed by atoms with Gasteiger partial charge in [0.05, 0.1) is 12.5 Å². The molecule has 60 valence electrons. The second-order valence-corrected chi connectivity index (χ2v) is 1.83. The summed E-state index contributed by atoms with van der Waals surface area (Å²) in [6, 6.07) is 3.83. The Morgan fingerprint density at radius 2 is 2.00 bits per heavy atom. The van der Waals surface area contributed by atoms with Crippen LogP contribution < -0.4 is 0 Å². The summed E-state index contributed by atoms with van der Waals surface area (Å²) in [5, 5.41) is 1.10. The highest BCUT2D eigenvalue weighted by atomic mass is 35.5. The van der Waals surface area contributed by atoms with Crippen molar-refractivity contribution >= 4 is 35.8 Å². The maximum absolute atomic E-state index is 5.06. The van der Waals surface area contributed by atoms with E-state index in [1.165, 1.54) is 0 Å². The van der Waals surface area contributed by atoms with Crippen LogP contribution in [0.5, 0.6) is 0 Å². The number of aromatic nitrogens is 1. The van der Waals surface area contributed by atoms with E-state index in [9.17, 15) is 0 Å². The van der Waals surface area contributed by atoms with Crippen molar-refractivity contribution in [3.63, 3.8) is 0 Å². The van der Waals surface area contributed by atoms with Gasteiger partial charge in [0.15, 0.2) is 5.58 Å². The zero-order valence-electron chi connectivity index (χ0n) is 5.56. The van der Waals surface area contributed by atoms with Crippen molar-refractivity contribution in [1.82, 2.24) is 4.98 Å². The molecule has 2 heterocycles. The van der Waals surface area contributed by atoms with Crippen molar-refractivity contribution in [3.05, 3.63) is 30.8 Å². The molecular weight excluding hydrogens is 185 g/mol. The molecule has 0 N–H and O–H groups in total. The lowest BCUT2D eigenvalue weighted by atomic mass is 10.3. The Morgan fingerprint density at radius 1 is 1.18 bits per heavy atom. The van der Waals surface area contributed by atoms with Gasteiger partial charge in [-0.1, -0.05) is 0 Å². The predicted molar refractivity (Wildman–Crippen MR) is 48.5 cm³/mol. The van der Waals surface area contributed by atoms with Gasteiger partial charge in [-0.05, 0) is 12.1 Å². The standard InChI is InChI=1S/C7H5NO.2ClH/c1-3-8-5-7-6(1)2-4-9-7;;/h1-5H;2*1H. The van der Waals surface area contributed by atoms with Gasteiger partial charge in [-0.2, -0.15) is 0 Å². The van der Waals surface area contributed by atoms with Gasteiger partial charge in [-0.15, -0.1) is 24.8 Å². The first-order chi connectivity index (χ1) is 4.47. The number of hydrogen-bond donors (Lipinski definition) is 0. The minimum atomic E-state index is 0. The van der Waals surface area contributed by atoms with Crippen LogP contribution >= 0.6 is 24.8 Å². The Bertz CT molecular complexity index is 290. The van der Waals surface area contributed by atoms with Crippen LogP contribution in [0.4, 0.5) is 0 Å². The van der Waals surface area contributed by atoms with E-state index >= 15 is 0 Å². The van der Waals surface area contributed by atoms with Gasteiger partial charge in [-0.3, -0.25) is 4.98 Å². The molecule has 2 nitrogen and oxygen atoms in total. The van der Waals surface area contributed by atoms with Crippen LogP contribution in [-0.4, -0.2) is 4.98 Å². The van der Waals surface area contributed by atoms with Gasteiger partial charge in [0.2, 0.25) is 0 Å². The molecule has 0 amide bonds. The van der Waals surface area contributed by atoms with E-state index in [2.05, 4.69) is 4.98 Å². The van der Waals surface area contributed by atoms with Crippen LogP contribution in [0.25, 0.3) is 11.0 Å². The lowest BCUT2D eigenvalue weighted by Gasteiger charge is -1.80. The van der Waals surface area contributed by atoms with Gasteiger partial charge in [0, 0.05) is 11.6 Å². The minimum absolute atomic E-state index is 0. The molecular formula is C7H7Cl2NO. The third-order valence-electron chi connectivity index (χ3n) is 1.26. The van der Waals surface area contributed by atoms with E-state index in [1.54, 1.807) is 18.7 Å². The highest BCUT2D eigenvalue weighted by Gasteiger charge is 1.90. The number of fused-ring (bicyclic) bond motifs is 1. The largest absolute Gasteiger partial charge is 0.463 e. The highest BCUT2D eigenvalue weighted by Crippen LogP contribution is 2.11. The van der Waals surface area contributed by atoms with Crippen molar-refractivity contribution < 1.29 is 4.42 Å². The maximum Gasteiger partial charge on any atom is 0.152 e. The zero-order chi connectivity index (χ0) is 6.10. The number of nitrogens with zero attached hydrogens (tertiary/aromatic N) is 1. The monoisotopic (exact) mass is 191 g/mol. The first kappa shape index (κ1) is 10.3. The SMILES string of the molecule is Cl.Cl.c1cc2ccoc2cn1. The number of halogens is 2. The summed E-state index contributed by atoms with van der Waals surface area (Å²) >= 11 is 0. The second kappa shape index (κ2) is 4.21. The summed E-state index contributed by atoms with van der Waals surface area (Å²) in [7, 11) is 0. The molecule has 0 aliphatic carbocycles. The van der Waals surface area contributed by atoms with E-state index in [-0.39, 0.29) is 24.8 Å². The van der Waals surface area contributed by atoms with Crippen LogP contribution in [-0.2, 0) is 0 Å². The summed E-state index contributed by atoms with van der Waals surface area (Å²) in [5.74, 6) is 0. The molecule has 11 heavy (non-hydrogen) atoms. The normalized spacial score (nSPS) is 8.36. The molecule has 0 aliphatic rings. The molecule has 0 saturated carbocycles. The molecule has 0 fully saturated rings. The number of hydrogen-bond acceptors (Lipinski definition) is 2. The van der Waals surface area contributed by atoms with Crippen molar-refractivity contribution in [2.24, 2.45) is 0 Å². The summed E-state index contributed by atoms with van der Waals surface area (Å²) in [6.45, 7) is 0. The topological polar surface area (TPSA) is 26.0 Å². The van der Waals surface area contributed by atoms with Gasteiger partial charge in [0.1, 0.15) is 0 Å². The average molecular weight is 192 g/mol. The number of furan rings is 1. The van der Waals surface area contributed by atoms with Crippen molar-refractivity contribution in [1.29, 1.82) is 0 Å². The van der Waals surface area contributed by atoms with Gasteiger partial charge >= 0.3 is 0 Å². The van der Waals surface area contributed by atoms with Crippen LogP contribution in [0.3, 0.4) is 0 Å². The van der Waals surface area contributed by atoms with Crippen LogP contribution in [0.2, 0.25) is 0 Å². The lowest BCUT2D eigenvalue weighted by molar-refractivity contribution is 0.614. The third kappa shape index (κ3) is 1.85. The quantitative estimate of drug-likeness (QED) is 0.641. The van der Waals surface area contributed by atoms with Gasteiger partial charge in [-0.25, -0.2) is 0 Å². The summed E-state index contributed by atoms with van der Waals surface area (Å²) in [5.41, 5.74) is 0.845. The Labute approximate surface area is 76.4 Å². The summed E-state index contributed by atoms with van der Waals surface area (Å²) < 4.78 is 5.06. The van der Waals surface area contributed by atoms with Gasteiger partial charge < -0.3 is 4.42 Å². The Kier molecular flexibility index (Phi) is 3.93.